The number of para-hydroxylation sites is 1. The van der Waals surface area contributed by atoms with E-state index in [0.29, 0.717) is 0 Å². The Bertz CT molecular complexity index is 514. The van der Waals surface area contributed by atoms with Crippen molar-refractivity contribution in [1.82, 2.24) is 4.57 Å². The predicted molar refractivity (Wildman–Crippen MR) is 72.7 cm³/mol. The molecule has 0 aliphatic heterocycles. The van der Waals surface area contributed by atoms with Gasteiger partial charge in [0.15, 0.2) is 0 Å². The van der Waals surface area contributed by atoms with Gasteiger partial charge in [0.2, 0.25) is 0 Å². The van der Waals surface area contributed by atoms with Crippen molar-refractivity contribution in [2.24, 2.45) is 12.8 Å². The number of aromatic nitrogens is 1. The van der Waals surface area contributed by atoms with E-state index in [1.807, 2.05) is 0 Å². The number of hydrogen-bond acceptors (Lipinski definition) is 1. The third kappa shape index (κ3) is 1.78. The molecule has 0 bridgehead atoms. The Labute approximate surface area is 105 Å². The number of nitrogens with two attached hydrogens (primary N) is 1. The van der Waals surface area contributed by atoms with Crippen molar-refractivity contribution in [3.05, 3.63) is 33.9 Å². The van der Waals surface area contributed by atoms with Crippen LogP contribution in [0.2, 0.25) is 0 Å². The lowest BCUT2D eigenvalue weighted by Gasteiger charge is -2.01. The number of halogens is 1. The number of benzene rings is 1. The molecule has 2 rings (SSSR count). The van der Waals surface area contributed by atoms with E-state index in [2.05, 4.69) is 52.7 Å². The fraction of sp³-hybridized carbons (Fsp3) is 0.385. The highest BCUT2D eigenvalue weighted by Gasteiger charge is 2.12. The number of rotatable bonds is 3. The Balaban J connectivity index is 2.64. The van der Waals surface area contributed by atoms with Crippen molar-refractivity contribution in [1.29, 1.82) is 0 Å². The monoisotopic (exact) mass is 280 g/mol. The molecule has 0 saturated heterocycles. The second kappa shape index (κ2) is 4.60. The van der Waals surface area contributed by atoms with Crippen molar-refractivity contribution >= 4 is 26.8 Å². The minimum Gasteiger partial charge on any atom is -0.347 e. The fourth-order valence-electron chi connectivity index (χ4n) is 2.26. The van der Waals surface area contributed by atoms with E-state index in [9.17, 15) is 0 Å². The van der Waals surface area contributed by atoms with Gasteiger partial charge in [-0.2, -0.15) is 0 Å². The summed E-state index contributed by atoms with van der Waals surface area (Å²) in [5.41, 5.74) is 9.65. The number of nitrogens with zero attached hydrogens (tertiary/aromatic N) is 1. The molecule has 0 atom stereocenters. The fourth-order valence-corrected chi connectivity index (χ4v) is 2.89. The zero-order chi connectivity index (χ0) is 11.7. The van der Waals surface area contributed by atoms with Gasteiger partial charge in [-0.05, 0) is 53.9 Å². The Hall–Kier alpha value is -0.800. The van der Waals surface area contributed by atoms with Crippen LogP contribution in [0.4, 0.5) is 0 Å². The van der Waals surface area contributed by atoms with Crippen LogP contribution in [0.1, 0.15) is 17.7 Å². The lowest BCUT2D eigenvalue weighted by atomic mass is 10.1. The van der Waals surface area contributed by atoms with E-state index in [-0.39, 0.29) is 0 Å². The number of hydrogen-bond donors (Lipinski definition) is 1. The topological polar surface area (TPSA) is 30.9 Å². The lowest BCUT2D eigenvalue weighted by molar-refractivity contribution is 0.816. The maximum absolute atomic E-state index is 5.59. The van der Waals surface area contributed by atoms with E-state index < -0.39 is 0 Å². The van der Waals surface area contributed by atoms with Gasteiger partial charge in [-0.15, -0.1) is 0 Å². The third-order valence-corrected chi connectivity index (χ3v) is 3.86. The van der Waals surface area contributed by atoms with Crippen LogP contribution in [-0.2, 0) is 13.5 Å². The second-order valence-corrected chi connectivity index (χ2v) is 5.01. The molecule has 0 saturated carbocycles. The maximum Gasteiger partial charge on any atom is 0.0627 e. The predicted octanol–water partition coefficient (Wildman–Crippen LogP) is 3.14. The molecule has 1 aromatic carbocycles. The summed E-state index contributed by atoms with van der Waals surface area (Å²) in [6, 6.07) is 6.38. The van der Waals surface area contributed by atoms with Gasteiger partial charge in [0.1, 0.15) is 0 Å². The summed E-state index contributed by atoms with van der Waals surface area (Å²) in [6.07, 6.45) is 2.11. The Morgan fingerprint density at radius 1 is 1.38 bits per heavy atom. The van der Waals surface area contributed by atoms with Crippen LogP contribution in [0, 0.1) is 6.92 Å². The first kappa shape index (κ1) is 11.7. The normalized spacial score (nSPS) is 11.2. The summed E-state index contributed by atoms with van der Waals surface area (Å²) in [6.45, 7) is 2.93. The highest BCUT2D eigenvalue weighted by molar-refractivity contribution is 9.10. The molecule has 2 N–H and O–H groups in total. The van der Waals surface area contributed by atoms with Gasteiger partial charge in [0.05, 0.1) is 5.52 Å². The van der Waals surface area contributed by atoms with Gasteiger partial charge < -0.3 is 10.3 Å². The van der Waals surface area contributed by atoms with Crippen LogP contribution in [0.25, 0.3) is 10.9 Å². The summed E-state index contributed by atoms with van der Waals surface area (Å²) in [5.74, 6) is 0. The van der Waals surface area contributed by atoms with E-state index >= 15 is 0 Å². The molecule has 1 heterocycles. The maximum atomic E-state index is 5.59. The highest BCUT2D eigenvalue weighted by atomic mass is 79.9. The molecule has 3 heteroatoms. The molecule has 0 aliphatic rings. The van der Waals surface area contributed by atoms with Crippen LogP contribution in [-0.4, -0.2) is 11.1 Å². The van der Waals surface area contributed by atoms with Gasteiger partial charge in [0, 0.05) is 22.6 Å². The molecule has 0 amide bonds. The first-order valence-electron chi connectivity index (χ1n) is 5.59. The largest absolute Gasteiger partial charge is 0.347 e. The summed E-state index contributed by atoms with van der Waals surface area (Å²) in [4.78, 5) is 0. The van der Waals surface area contributed by atoms with Crippen LogP contribution in [0.5, 0.6) is 0 Å². The molecule has 86 valence electrons. The minimum atomic E-state index is 0.754. The summed E-state index contributed by atoms with van der Waals surface area (Å²) in [7, 11) is 2.12. The molecule has 0 unspecified atom stereocenters. The van der Waals surface area contributed by atoms with Crippen molar-refractivity contribution in [2.45, 2.75) is 19.8 Å². The Kier molecular flexibility index (Phi) is 3.36. The van der Waals surface area contributed by atoms with Gasteiger partial charge in [-0.3, -0.25) is 0 Å². The van der Waals surface area contributed by atoms with E-state index in [0.717, 1.165) is 23.9 Å². The van der Waals surface area contributed by atoms with Gasteiger partial charge in [-0.25, -0.2) is 0 Å². The molecular formula is C13H17BrN2. The van der Waals surface area contributed by atoms with Crippen LogP contribution >= 0.6 is 15.9 Å². The Morgan fingerprint density at radius 2 is 2.12 bits per heavy atom. The molecule has 2 aromatic rings. The summed E-state index contributed by atoms with van der Waals surface area (Å²) >= 11 is 3.62. The van der Waals surface area contributed by atoms with Crippen molar-refractivity contribution < 1.29 is 0 Å². The third-order valence-electron chi connectivity index (χ3n) is 3.22. The average molecular weight is 281 g/mol. The number of fused-ring (bicyclic) bond motifs is 1. The van der Waals surface area contributed by atoms with Gasteiger partial charge in [0.25, 0.3) is 0 Å². The molecule has 0 radical (unpaired) electrons. The second-order valence-electron chi connectivity index (χ2n) is 4.15. The number of aryl methyl sites for hydroxylation is 2. The van der Waals surface area contributed by atoms with Crippen molar-refractivity contribution in [3.8, 4) is 0 Å². The van der Waals surface area contributed by atoms with Crippen LogP contribution in [0.15, 0.2) is 22.7 Å². The summed E-state index contributed by atoms with van der Waals surface area (Å²) in [5, 5.41) is 1.35. The molecule has 16 heavy (non-hydrogen) atoms. The first-order chi connectivity index (χ1) is 7.66. The van der Waals surface area contributed by atoms with Crippen molar-refractivity contribution in [3.63, 3.8) is 0 Å². The highest BCUT2D eigenvalue weighted by Crippen LogP contribution is 2.31. The molecule has 0 spiro atoms. The lowest BCUT2D eigenvalue weighted by Crippen LogP contribution is -2.01. The standard InChI is InChI=1S/C13H17BrN2/c1-9-10(6-4-8-15)11-5-3-7-12(14)13(11)16(9)2/h3,5,7H,4,6,8,15H2,1-2H3. The van der Waals surface area contributed by atoms with Gasteiger partial charge >= 0.3 is 0 Å². The zero-order valence-corrected chi connectivity index (χ0v) is 11.3. The van der Waals surface area contributed by atoms with E-state index in [1.165, 1.54) is 22.2 Å². The minimum absolute atomic E-state index is 0.754. The van der Waals surface area contributed by atoms with E-state index in [4.69, 9.17) is 5.73 Å². The molecule has 2 nitrogen and oxygen atoms in total. The van der Waals surface area contributed by atoms with Crippen LogP contribution < -0.4 is 5.73 Å². The molecular weight excluding hydrogens is 264 g/mol. The zero-order valence-electron chi connectivity index (χ0n) is 9.76. The smallest absolute Gasteiger partial charge is 0.0627 e. The van der Waals surface area contributed by atoms with E-state index in [1.54, 1.807) is 0 Å². The molecule has 0 fully saturated rings. The van der Waals surface area contributed by atoms with Crippen molar-refractivity contribution in [2.75, 3.05) is 6.54 Å². The average Bonchev–Trinajstić information content (AvgIpc) is 2.51. The van der Waals surface area contributed by atoms with Crippen LogP contribution in [0.3, 0.4) is 0 Å². The molecule has 0 aliphatic carbocycles. The first-order valence-corrected chi connectivity index (χ1v) is 6.38. The summed E-state index contributed by atoms with van der Waals surface area (Å²) < 4.78 is 3.42. The SMILES string of the molecule is Cc1c(CCCN)c2cccc(Br)c2n1C. The quantitative estimate of drug-likeness (QED) is 0.920. The molecule has 1 aromatic heterocycles. The van der Waals surface area contributed by atoms with Gasteiger partial charge in [-0.1, -0.05) is 12.1 Å². The Morgan fingerprint density at radius 3 is 2.81 bits per heavy atom.